The van der Waals surface area contributed by atoms with Crippen molar-refractivity contribution in [3.63, 3.8) is 0 Å². The van der Waals surface area contributed by atoms with Crippen molar-refractivity contribution in [1.82, 2.24) is 24.8 Å². The first-order valence-corrected chi connectivity index (χ1v) is 10.2. The van der Waals surface area contributed by atoms with Crippen LogP contribution < -0.4 is 5.32 Å². The number of nitrogens with zero attached hydrogens (tertiary/aromatic N) is 4. The average molecular weight is 425 g/mol. The monoisotopic (exact) mass is 425 g/mol. The number of carbonyl (C=O) groups is 3. The first kappa shape index (κ1) is 19.6. The van der Waals surface area contributed by atoms with Crippen LogP contribution in [0.3, 0.4) is 0 Å². The van der Waals surface area contributed by atoms with Gasteiger partial charge in [-0.05, 0) is 35.9 Å². The van der Waals surface area contributed by atoms with E-state index in [-0.39, 0.29) is 23.9 Å². The van der Waals surface area contributed by atoms with Gasteiger partial charge in [-0.1, -0.05) is 36.4 Å². The molecule has 2 aromatic heterocycles. The van der Waals surface area contributed by atoms with Crippen molar-refractivity contribution in [2.24, 2.45) is 0 Å². The smallest absolute Gasteiger partial charge is 0.261 e. The topological polar surface area (TPSA) is 96.7 Å². The molecule has 0 saturated carbocycles. The molecule has 0 bridgehead atoms. The summed E-state index contributed by atoms with van der Waals surface area (Å²) in [5.74, 6) is -0.312. The molecule has 1 N–H and O–H groups in total. The summed E-state index contributed by atoms with van der Waals surface area (Å²) in [6.45, 7) is 0.555. The lowest BCUT2D eigenvalue weighted by atomic mass is 10.1. The van der Waals surface area contributed by atoms with E-state index >= 15 is 0 Å². The molecule has 2 aromatic carbocycles. The van der Waals surface area contributed by atoms with Crippen molar-refractivity contribution in [2.75, 3.05) is 6.54 Å². The van der Waals surface area contributed by atoms with Crippen molar-refractivity contribution in [2.45, 2.75) is 13.0 Å². The second-order valence-electron chi connectivity index (χ2n) is 7.49. The highest BCUT2D eigenvalue weighted by Crippen LogP contribution is 2.25. The number of nitrogens with one attached hydrogen (secondary N) is 1. The van der Waals surface area contributed by atoms with Crippen molar-refractivity contribution < 1.29 is 14.4 Å². The predicted molar refractivity (Wildman–Crippen MR) is 116 cm³/mol. The third kappa shape index (κ3) is 3.51. The largest absolute Gasteiger partial charge is 0.352 e. The first-order chi connectivity index (χ1) is 15.6. The van der Waals surface area contributed by atoms with E-state index < -0.39 is 5.91 Å². The highest BCUT2D eigenvalue weighted by Gasteiger charge is 2.35. The highest BCUT2D eigenvalue weighted by atomic mass is 16.2. The minimum absolute atomic E-state index is 0.195. The van der Waals surface area contributed by atoms with E-state index in [1.807, 2.05) is 59.1 Å². The molecule has 0 spiro atoms. The minimum atomic E-state index is -0.390. The molecule has 5 rings (SSSR count). The van der Waals surface area contributed by atoms with Gasteiger partial charge in [0.05, 0.1) is 17.7 Å². The lowest BCUT2D eigenvalue weighted by molar-refractivity contribution is 0.0642. The van der Waals surface area contributed by atoms with Gasteiger partial charge in [0, 0.05) is 24.7 Å². The maximum absolute atomic E-state index is 12.8. The molecule has 8 nitrogen and oxygen atoms in total. The molecule has 1 aliphatic rings. The van der Waals surface area contributed by atoms with Gasteiger partial charge in [-0.2, -0.15) is 0 Å². The van der Waals surface area contributed by atoms with E-state index in [1.165, 1.54) is 11.0 Å². The number of carbonyl (C=O) groups excluding carboxylic acids is 3. The lowest BCUT2D eigenvalue weighted by Gasteiger charge is -2.13. The first-order valence-electron chi connectivity index (χ1n) is 10.2. The molecule has 3 heterocycles. The molecule has 1 aliphatic heterocycles. The number of rotatable bonds is 6. The summed E-state index contributed by atoms with van der Waals surface area (Å²) >= 11 is 0. The Morgan fingerprint density at radius 2 is 1.66 bits per heavy atom. The van der Waals surface area contributed by atoms with Gasteiger partial charge < -0.3 is 5.32 Å². The quantitative estimate of drug-likeness (QED) is 0.479. The standard InChI is InChI=1S/C24H19N5O3/c30-22(25-12-11-21-27-26-20-8-4-5-13-28(20)21)17-9-10-18-19(14-17)24(32)29(23(18)31)15-16-6-2-1-3-7-16/h1-10,13-14H,11-12,15H2,(H,25,30). The van der Waals surface area contributed by atoms with Crippen LogP contribution in [0.5, 0.6) is 0 Å². The Balaban J connectivity index is 1.27. The Labute approximate surface area is 183 Å². The lowest BCUT2D eigenvalue weighted by Crippen LogP contribution is -2.29. The van der Waals surface area contributed by atoms with E-state index in [9.17, 15) is 14.4 Å². The Morgan fingerprint density at radius 1 is 0.875 bits per heavy atom. The number of hydrogen-bond acceptors (Lipinski definition) is 5. The molecule has 3 amide bonds. The van der Waals surface area contributed by atoms with Gasteiger partial charge >= 0.3 is 0 Å². The maximum atomic E-state index is 12.8. The van der Waals surface area contributed by atoms with Crippen LogP contribution in [0.25, 0.3) is 5.65 Å². The second-order valence-corrected chi connectivity index (χ2v) is 7.49. The molecule has 0 saturated heterocycles. The summed E-state index contributed by atoms with van der Waals surface area (Å²) in [5, 5.41) is 11.1. The molecule has 0 fully saturated rings. The van der Waals surface area contributed by atoms with Crippen LogP contribution in [-0.2, 0) is 13.0 Å². The van der Waals surface area contributed by atoms with Crippen LogP contribution in [0.2, 0.25) is 0 Å². The van der Waals surface area contributed by atoms with Gasteiger partial charge in [-0.15, -0.1) is 10.2 Å². The molecule has 0 aliphatic carbocycles. The maximum Gasteiger partial charge on any atom is 0.261 e. The summed E-state index contributed by atoms with van der Waals surface area (Å²) in [5.41, 5.74) is 2.51. The van der Waals surface area contributed by atoms with E-state index in [4.69, 9.17) is 0 Å². The summed E-state index contributed by atoms with van der Waals surface area (Å²) < 4.78 is 1.87. The van der Waals surface area contributed by atoms with Crippen molar-refractivity contribution in [3.05, 3.63) is 101 Å². The van der Waals surface area contributed by atoms with Crippen LogP contribution in [0.15, 0.2) is 72.9 Å². The van der Waals surface area contributed by atoms with Gasteiger partial charge in [0.15, 0.2) is 5.65 Å². The summed E-state index contributed by atoms with van der Waals surface area (Å²) in [7, 11) is 0. The molecule has 0 atom stereocenters. The summed E-state index contributed by atoms with van der Waals surface area (Å²) in [4.78, 5) is 39.4. The molecule has 0 radical (unpaired) electrons. The van der Waals surface area contributed by atoms with Crippen molar-refractivity contribution in [1.29, 1.82) is 0 Å². The zero-order valence-electron chi connectivity index (χ0n) is 17.1. The van der Waals surface area contributed by atoms with Gasteiger partial charge in [-0.25, -0.2) is 0 Å². The fourth-order valence-corrected chi connectivity index (χ4v) is 3.79. The molecule has 32 heavy (non-hydrogen) atoms. The van der Waals surface area contributed by atoms with Gasteiger partial charge in [0.2, 0.25) is 0 Å². The molecule has 0 unspecified atom stereocenters. The Bertz CT molecular complexity index is 1350. The predicted octanol–water partition coefficient (Wildman–Crippen LogP) is 2.50. The van der Waals surface area contributed by atoms with E-state index in [0.29, 0.717) is 24.1 Å². The zero-order valence-corrected chi connectivity index (χ0v) is 17.1. The Morgan fingerprint density at radius 3 is 2.50 bits per heavy atom. The van der Waals surface area contributed by atoms with Crippen molar-refractivity contribution in [3.8, 4) is 0 Å². The molecule has 158 valence electrons. The normalized spacial score (nSPS) is 12.9. The third-order valence-electron chi connectivity index (χ3n) is 5.43. The number of hydrogen-bond donors (Lipinski definition) is 1. The number of benzene rings is 2. The van der Waals surface area contributed by atoms with Crippen molar-refractivity contribution >= 4 is 23.4 Å². The Hall–Kier alpha value is -4.33. The fraction of sp³-hybridized carbons (Fsp3) is 0.125. The van der Waals surface area contributed by atoms with Crippen LogP contribution in [-0.4, -0.2) is 43.8 Å². The van der Waals surface area contributed by atoms with Gasteiger partial charge in [0.25, 0.3) is 17.7 Å². The third-order valence-corrected chi connectivity index (χ3v) is 5.43. The molecular formula is C24H19N5O3. The number of imide groups is 1. The van der Waals surface area contributed by atoms with E-state index in [2.05, 4.69) is 15.5 Å². The number of pyridine rings is 1. The Kier molecular flexibility index (Phi) is 4.95. The summed E-state index contributed by atoms with van der Waals surface area (Å²) in [6.07, 6.45) is 2.38. The summed E-state index contributed by atoms with van der Waals surface area (Å²) in [6, 6.07) is 19.6. The van der Waals surface area contributed by atoms with Crippen LogP contribution in [0.1, 0.15) is 42.5 Å². The minimum Gasteiger partial charge on any atom is -0.352 e. The number of aromatic nitrogens is 3. The second kappa shape index (κ2) is 8.07. The fourth-order valence-electron chi connectivity index (χ4n) is 3.79. The zero-order chi connectivity index (χ0) is 22.1. The number of amides is 3. The van der Waals surface area contributed by atoms with E-state index in [0.717, 1.165) is 17.0 Å². The molecule has 4 aromatic rings. The van der Waals surface area contributed by atoms with Crippen LogP contribution >= 0.6 is 0 Å². The van der Waals surface area contributed by atoms with Gasteiger partial charge in [-0.3, -0.25) is 23.7 Å². The number of fused-ring (bicyclic) bond motifs is 2. The van der Waals surface area contributed by atoms with E-state index in [1.54, 1.807) is 12.1 Å². The van der Waals surface area contributed by atoms with Crippen LogP contribution in [0.4, 0.5) is 0 Å². The highest BCUT2D eigenvalue weighted by molar-refractivity contribution is 6.22. The van der Waals surface area contributed by atoms with Gasteiger partial charge in [0.1, 0.15) is 5.82 Å². The van der Waals surface area contributed by atoms with Crippen LogP contribution in [0, 0.1) is 0 Å². The average Bonchev–Trinajstić information content (AvgIpc) is 3.34. The SMILES string of the molecule is O=C(NCCc1nnc2ccccn12)c1ccc2c(c1)C(=O)N(Cc1ccccc1)C2=O. The molecule has 8 heteroatoms. The molecular weight excluding hydrogens is 406 g/mol.